The van der Waals surface area contributed by atoms with Gasteiger partial charge >= 0.3 is 0 Å². The molecular weight excluding hydrogens is 385 g/mol. The molecule has 0 aliphatic rings. The van der Waals surface area contributed by atoms with Gasteiger partial charge in [0.1, 0.15) is 0 Å². The van der Waals surface area contributed by atoms with Crippen molar-refractivity contribution in [1.29, 1.82) is 0 Å². The maximum Gasteiger partial charge on any atom is 0.0366 e. The Hall–Kier alpha value is -1.28. The van der Waals surface area contributed by atoms with Crippen LogP contribution >= 0.6 is 0 Å². The topological polar surface area (TPSA) is 12.9 Å². The van der Waals surface area contributed by atoms with E-state index in [-0.39, 0.29) is 25.8 Å². The van der Waals surface area contributed by atoms with Crippen molar-refractivity contribution in [1.82, 2.24) is 4.98 Å². The average molecular weight is 397 g/mol. The van der Waals surface area contributed by atoms with Crippen LogP contribution in [0.3, 0.4) is 0 Å². The molecule has 2 aromatic carbocycles. The summed E-state index contributed by atoms with van der Waals surface area (Å²) in [6.07, 6.45) is 1.83. The minimum Gasteiger partial charge on any atom is -0.266 e. The number of hydrogen-bond donors (Lipinski definition) is 0. The van der Waals surface area contributed by atoms with Crippen LogP contribution in [-0.2, 0) is 25.8 Å². The normalized spacial score (nSPS) is 10.1. The molecule has 0 aliphatic heterocycles. The number of hydrogen-bond acceptors (Lipinski definition) is 1. The smallest absolute Gasteiger partial charge is 0.0366 e. The molecule has 0 fully saturated rings. The summed E-state index contributed by atoms with van der Waals surface area (Å²) in [6.45, 7) is 2.07. The summed E-state index contributed by atoms with van der Waals surface area (Å²) in [7, 11) is 0. The van der Waals surface area contributed by atoms with Crippen molar-refractivity contribution in [3.8, 4) is 11.1 Å². The van der Waals surface area contributed by atoms with Crippen LogP contribution in [0.5, 0.6) is 0 Å². The zero-order valence-corrected chi connectivity index (χ0v) is 13.7. The van der Waals surface area contributed by atoms with Crippen molar-refractivity contribution >= 4 is 10.9 Å². The van der Waals surface area contributed by atoms with Crippen LogP contribution in [-0.4, -0.2) is 4.98 Å². The average Bonchev–Trinajstić information content (AvgIpc) is 2.39. The molecule has 2 heteroatoms. The SMILES string of the molecule is Cc1c[c-]c(-c2cccc3cccnc23)cc1.[Hf]. The summed E-state index contributed by atoms with van der Waals surface area (Å²) in [5.74, 6) is 0. The molecule has 1 aromatic heterocycles. The Kier molecular flexibility index (Phi) is 4.07. The Bertz CT molecular complexity index is 654. The first-order valence-corrected chi connectivity index (χ1v) is 5.67. The summed E-state index contributed by atoms with van der Waals surface area (Å²) in [5, 5.41) is 1.17. The van der Waals surface area contributed by atoms with Crippen LogP contribution in [0.25, 0.3) is 22.0 Å². The molecular formula is C16H12HfN-. The molecule has 86 valence electrons. The van der Waals surface area contributed by atoms with E-state index < -0.39 is 0 Å². The van der Waals surface area contributed by atoms with E-state index >= 15 is 0 Å². The fraction of sp³-hybridized carbons (Fsp3) is 0.0625. The Labute approximate surface area is 126 Å². The monoisotopic (exact) mass is 398 g/mol. The zero-order chi connectivity index (χ0) is 11.7. The third-order valence-electron chi connectivity index (χ3n) is 2.89. The first kappa shape index (κ1) is 13.2. The molecule has 0 amide bonds. The molecule has 0 atom stereocenters. The van der Waals surface area contributed by atoms with Crippen molar-refractivity contribution in [2.24, 2.45) is 0 Å². The van der Waals surface area contributed by atoms with Crippen LogP contribution < -0.4 is 0 Å². The van der Waals surface area contributed by atoms with Crippen molar-refractivity contribution in [3.63, 3.8) is 0 Å². The Morgan fingerprint density at radius 3 is 2.61 bits per heavy atom. The number of fused-ring (bicyclic) bond motifs is 1. The van der Waals surface area contributed by atoms with E-state index in [1.165, 1.54) is 10.9 Å². The van der Waals surface area contributed by atoms with Gasteiger partial charge in [0.05, 0.1) is 0 Å². The van der Waals surface area contributed by atoms with E-state index in [1.807, 2.05) is 18.3 Å². The third-order valence-corrected chi connectivity index (χ3v) is 2.89. The molecule has 0 aliphatic carbocycles. The van der Waals surface area contributed by atoms with Crippen LogP contribution in [0.1, 0.15) is 5.56 Å². The van der Waals surface area contributed by atoms with Gasteiger partial charge in [-0.25, -0.2) is 0 Å². The van der Waals surface area contributed by atoms with Crippen molar-refractivity contribution in [2.75, 3.05) is 0 Å². The largest absolute Gasteiger partial charge is 0.266 e. The van der Waals surface area contributed by atoms with Gasteiger partial charge in [-0.05, 0) is 11.5 Å². The summed E-state index contributed by atoms with van der Waals surface area (Å²) < 4.78 is 0. The van der Waals surface area contributed by atoms with E-state index in [0.29, 0.717) is 0 Å². The molecule has 0 saturated heterocycles. The quantitative estimate of drug-likeness (QED) is 0.447. The second-order valence-electron chi connectivity index (χ2n) is 4.16. The van der Waals surface area contributed by atoms with Crippen molar-refractivity contribution in [3.05, 3.63) is 66.4 Å². The predicted molar refractivity (Wildman–Crippen MR) is 70.8 cm³/mol. The van der Waals surface area contributed by atoms with E-state index in [2.05, 4.69) is 54.4 Å². The van der Waals surface area contributed by atoms with E-state index in [1.54, 1.807) is 0 Å². The molecule has 0 spiro atoms. The standard InChI is InChI=1S/C16H12N.Hf/c1-12-7-9-13(10-8-12)15-6-2-4-14-5-3-11-17-16(14)15;/h2-9,11H,1H3;/q-1;. The molecule has 18 heavy (non-hydrogen) atoms. The first-order valence-electron chi connectivity index (χ1n) is 5.67. The van der Waals surface area contributed by atoms with Crippen LogP contribution in [0.4, 0.5) is 0 Å². The van der Waals surface area contributed by atoms with E-state index in [9.17, 15) is 0 Å². The second-order valence-corrected chi connectivity index (χ2v) is 4.16. The van der Waals surface area contributed by atoms with Gasteiger partial charge < -0.3 is 0 Å². The van der Waals surface area contributed by atoms with Gasteiger partial charge in [0.2, 0.25) is 0 Å². The molecule has 1 nitrogen and oxygen atoms in total. The second kappa shape index (κ2) is 5.57. The fourth-order valence-electron chi connectivity index (χ4n) is 1.99. The summed E-state index contributed by atoms with van der Waals surface area (Å²) >= 11 is 0. The van der Waals surface area contributed by atoms with Gasteiger partial charge in [-0.2, -0.15) is 0 Å². The molecule has 3 aromatic rings. The van der Waals surface area contributed by atoms with Crippen molar-refractivity contribution < 1.29 is 25.8 Å². The Balaban J connectivity index is 0.00000120. The van der Waals surface area contributed by atoms with Gasteiger partial charge in [-0.3, -0.25) is 4.98 Å². The Morgan fingerprint density at radius 2 is 1.83 bits per heavy atom. The van der Waals surface area contributed by atoms with Crippen LogP contribution in [0.2, 0.25) is 0 Å². The summed E-state index contributed by atoms with van der Waals surface area (Å²) in [5.41, 5.74) is 4.50. The van der Waals surface area contributed by atoms with Gasteiger partial charge in [0.25, 0.3) is 0 Å². The van der Waals surface area contributed by atoms with E-state index in [4.69, 9.17) is 0 Å². The van der Waals surface area contributed by atoms with Crippen LogP contribution in [0, 0.1) is 13.0 Å². The van der Waals surface area contributed by atoms with Gasteiger partial charge in [-0.1, -0.05) is 36.8 Å². The Morgan fingerprint density at radius 1 is 1.00 bits per heavy atom. The number of aromatic nitrogens is 1. The molecule has 0 unspecified atom stereocenters. The minimum atomic E-state index is 0. The summed E-state index contributed by atoms with van der Waals surface area (Å²) in [4.78, 5) is 4.46. The van der Waals surface area contributed by atoms with Crippen molar-refractivity contribution in [2.45, 2.75) is 6.92 Å². The molecule has 0 bridgehead atoms. The number of aryl methyl sites for hydroxylation is 1. The van der Waals surface area contributed by atoms with Crippen LogP contribution in [0.15, 0.2) is 54.7 Å². The molecule has 0 radical (unpaired) electrons. The van der Waals surface area contributed by atoms with Gasteiger partial charge in [0, 0.05) is 37.6 Å². The molecule has 0 saturated carbocycles. The number of pyridine rings is 1. The third kappa shape index (κ3) is 2.44. The fourth-order valence-corrected chi connectivity index (χ4v) is 1.99. The zero-order valence-electron chi connectivity index (χ0n) is 10.1. The number of nitrogens with zero attached hydrogens (tertiary/aromatic N) is 1. The van der Waals surface area contributed by atoms with E-state index in [0.717, 1.165) is 16.6 Å². The predicted octanol–water partition coefficient (Wildman–Crippen LogP) is 4.01. The first-order chi connectivity index (χ1) is 8.34. The molecule has 0 N–H and O–H groups in total. The maximum absolute atomic E-state index is 4.46. The van der Waals surface area contributed by atoms with Gasteiger partial charge in [0.15, 0.2) is 0 Å². The number of para-hydroxylation sites is 1. The molecule has 1 heterocycles. The number of benzene rings is 2. The summed E-state index contributed by atoms with van der Waals surface area (Å²) in [6, 6.07) is 19.8. The number of rotatable bonds is 1. The minimum absolute atomic E-state index is 0. The van der Waals surface area contributed by atoms with Gasteiger partial charge in [-0.15, -0.1) is 35.4 Å². The maximum atomic E-state index is 4.46. The molecule has 3 rings (SSSR count).